The van der Waals surface area contributed by atoms with Crippen molar-refractivity contribution in [3.8, 4) is 0 Å². The van der Waals surface area contributed by atoms with E-state index in [1.54, 1.807) is 6.08 Å². The first-order chi connectivity index (χ1) is 9.00. The summed E-state index contributed by atoms with van der Waals surface area (Å²) in [5, 5.41) is 4.05. The summed E-state index contributed by atoms with van der Waals surface area (Å²) in [6, 6.07) is 7.63. The molecule has 0 radical (unpaired) electrons. The van der Waals surface area contributed by atoms with Crippen molar-refractivity contribution in [2.24, 2.45) is 5.92 Å². The quantitative estimate of drug-likeness (QED) is 0.918. The third kappa shape index (κ3) is 3.67. The van der Waals surface area contributed by atoms with Crippen LogP contribution in [0.1, 0.15) is 18.9 Å². The zero-order valence-corrected chi connectivity index (χ0v) is 11.6. The molecule has 102 valence electrons. The highest BCUT2D eigenvalue weighted by Gasteiger charge is 2.23. The second-order valence-corrected chi connectivity index (χ2v) is 6.61. The van der Waals surface area contributed by atoms with Crippen LogP contribution < -0.4 is 5.32 Å². The Balaban J connectivity index is 1.97. The van der Waals surface area contributed by atoms with Crippen molar-refractivity contribution in [2.75, 3.05) is 11.1 Å². The molecule has 1 aromatic carbocycles. The number of allylic oxidation sites excluding steroid dienone is 1. The number of anilines is 1. The average molecular weight is 279 g/mol. The molecule has 0 spiro atoms. The fraction of sp³-hybridized carbons (Fsp3) is 0.357. The summed E-state index contributed by atoms with van der Waals surface area (Å²) >= 11 is 0. The van der Waals surface area contributed by atoms with Gasteiger partial charge in [0.05, 0.1) is 5.75 Å². The predicted octanol–water partition coefficient (Wildman–Crippen LogP) is 2.14. The second kappa shape index (κ2) is 5.57. The van der Waals surface area contributed by atoms with Gasteiger partial charge in [0.25, 0.3) is 0 Å². The van der Waals surface area contributed by atoms with Crippen molar-refractivity contribution in [1.82, 2.24) is 0 Å². The summed E-state index contributed by atoms with van der Waals surface area (Å²) in [6.45, 7) is 2.03. The van der Waals surface area contributed by atoms with Gasteiger partial charge in [0.15, 0.2) is 9.84 Å². The lowest BCUT2D eigenvalue weighted by Crippen LogP contribution is -2.18. The number of aryl methyl sites for hydroxylation is 1. The van der Waals surface area contributed by atoms with Gasteiger partial charge in [0.2, 0.25) is 5.91 Å². The highest BCUT2D eigenvalue weighted by molar-refractivity contribution is 7.94. The first-order valence-electron chi connectivity index (χ1n) is 6.29. The number of carbonyl (C=O) groups is 1. The molecular weight excluding hydrogens is 262 g/mol. The highest BCUT2D eigenvalue weighted by Crippen LogP contribution is 2.20. The monoisotopic (exact) mass is 279 g/mol. The van der Waals surface area contributed by atoms with Gasteiger partial charge in [-0.05, 0) is 18.1 Å². The van der Waals surface area contributed by atoms with E-state index in [0.29, 0.717) is 0 Å². The van der Waals surface area contributed by atoms with Gasteiger partial charge in [0.1, 0.15) is 0 Å². The molecule has 2 rings (SSSR count). The first-order valence-corrected chi connectivity index (χ1v) is 8.00. The third-order valence-electron chi connectivity index (χ3n) is 3.12. The second-order valence-electron chi connectivity index (χ2n) is 4.68. The zero-order valence-electron chi connectivity index (χ0n) is 10.8. The lowest BCUT2D eigenvalue weighted by Gasteiger charge is -2.11. The van der Waals surface area contributed by atoms with Gasteiger partial charge < -0.3 is 5.32 Å². The Hall–Kier alpha value is -1.62. The van der Waals surface area contributed by atoms with Crippen molar-refractivity contribution in [2.45, 2.75) is 19.8 Å². The van der Waals surface area contributed by atoms with Crippen LogP contribution in [-0.2, 0) is 21.1 Å². The molecule has 0 saturated heterocycles. The maximum Gasteiger partial charge on any atom is 0.225 e. The van der Waals surface area contributed by atoms with E-state index in [2.05, 4.69) is 5.32 Å². The van der Waals surface area contributed by atoms with E-state index in [-0.39, 0.29) is 24.0 Å². The number of rotatable bonds is 4. The Kier molecular flexibility index (Phi) is 4.04. The number of benzene rings is 1. The minimum Gasteiger partial charge on any atom is -0.326 e. The van der Waals surface area contributed by atoms with E-state index >= 15 is 0 Å². The average Bonchev–Trinajstić information content (AvgIpc) is 2.69. The number of para-hydroxylation sites is 1. The number of carbonyl (C=O) groups excluding carboxylic acids is 1. The van der Waals surface area contributed by atoms with Crippen LogP contribution >= 0.6 is 0 Å². The number of hydrogen-bond donors (Lipinski definition) is 1. The molecule has 1 unspecified atom stereocenters. The zero-order chi connectivity index (χ0) is 13.9. The SMILES string of the molecule is CCc1ccccc1NC(=O)CC1C=CS(=O)(=O)C1. The normalized spacial score (nSPS) is 20.4. The Morgan fingerprint density at radius 2 is 2.11 bits per heavy atom. The van der Waals surface area contributed by atoms with Gasteiger partial charge >= 0.3 is 0 Å². The maximum absolute atomic E-state index is 11.9. The Morgan fingerprint density at radius 3 is 2.74 bits per heavy atom. The standard InChI is InChI=1S/C14H17NO3S/c1-2-12-5-3-4-6-13(12)15-14(16)9-11-7-8-19(17,18)10-11/h3-8,11H,2,9-10H2,1H3,(H,15,16). The van der Waals surface area contributed by atoms with E-state index in [1.807, 2.05) is 31.2 Å². The van der Waals surface area contributed by atoms with Crippen LogP contribution in [0.25, 0.3) is 0 Å². The summed E-state index contributed by atoms with van der Waals surface area (Å²) in [4.78, 5) is 11.9. The fourth-order valence-electron chi connectivity index (χ4n) is 2.16. The van der Waals surface area contributed by atoms with Gasteiger partial charge in [-0.1, -0.05) is 31.2 Å². The van der Waals surface area contributed by atoms with Gasteiger partial charge in [-0.25, -0.2) is 8.42 Å². The number of amides is 1. The Labute approximate surface area is 113 Å². The van der Waals surface area contributed by atoms with Crippen LogP contribution in [0.2, 0.25) is 0 Å². The molecule has 0 aliphatic carbocycles. The molecule has 1 aliphatic heterocycles. The first kappa shape index (κ1) is 13.8. The molecule has 19 heavy (non-hydrogen) atoms. The minimum atomic E-state index is -3.09. The smallest absolute Gasteiger partial charge is 0.225 e. The van der Waals surface area contributed by atoms with Crippen LogP contribution in [0.4, 0.5) is 5.69 Å². The highest BCUT2D eigenvalue weighted by atomic mass is 32.2. The summed E-state index contributed by atoms with van der Waals surface area (Å²) in [6.07, 6.45) is 2.64. The maximum atomic E-state index is 11.9. The molecule has 0 fully saturated rings. The van der Waals surface area contributed by atoms with Crippen molar-refractivity contribution in [3.63, 3.8) is 0 Å². The summed E-state index contributed by atoms with van der Waals surface area (Å²) in [5.74, 6) is -0.318. The molecular formula is C14H17NO3S. The van der Waals surface area contributed by atoms with Gasteiger partial charge in [-0.3, -0.25) is 4.79 Å². The number of hydrogen-bond acceptors (Lipinski definition) is 3. The largest absolute Gasteiger partial charge is 0.326 e. The van der Waals surface area contributed by atoms with E-state index in [4.69, 9.17) is 0 Å². The summed E-state index contributed by atoms with van der Waals surface area (Å²) in [5.41, 5.74) is 1.88. The fourth-order valence-corrected chi connectivity index (χ4v) is 3.56. The van der Waals surface area contributed by atoms with Crippen LogP contribution in [0, 0.1) is 5.92 Å². The molecule has 1 amide bonds. The van der Waals surface area contributed by atoms with Crippen LogP contribution in [-0.4, -0.2) is 20.1 Å². The van der Waals surface area contributed by atoms with Crippen molar-refractivity contribution >= 4 is 21.4 Å². The lowest BCUT2D eigenvalue weighted by atomic mass is 10.1. The Morgan fingerprint density at radius 1 is 1.37 bits per heavy atom. The predicted molar refractivity (Wildman–Crippen MR) is 75.5 cm³/mol. The van der Waals surface area contributed by atoms with E-state index in [9.17, 15) is 13.2 Å². The molecule has 4 nitrogen and oxygen atoms in total. The van der Waals surface area contributed by atoms with Crippen molar-refractivity contribution in [3.05, 3.63) is 41.3 Å². The molecule has 1 N–H and O–H groups in total. The summed E-state index contributed by atoms with van der Waals surface area (Å²) < 4.78 is 22.5. The topological polar surface area (TPSA) is 63.2 Å². The van der Waals surface area contributed by atoms with E-state index < -0.39 is 9.84 Å². The third-order valence-corrected chi connectivity index (χ3v) is 4.59. The molecule has 1 aromatic rings. The van der Waals surface area contributed by atoms with Gasteiger partial charge in [-0.15, -0.1) is 0 Å². The molecule has 0 saturated carbocycles. The summed E-state index contributed by atoms with van der Waals surface area (Å²) in [7, 11) is -3.09. The van der Waals surface area contributed by atoms with E-state index in [1.165, 1.54) is 5.41 Å². The minimum absolute atomic E-state index is 0.0375. The van der Waals surface area contributed by atoms with Crippen molar-refractivity contribution in [1.29, 1.82) is 0 Å². The molecule has 1 heterocycles. The molecule has 0 aromatic heterocycles. The molecule has 1 aliphatic rings. The van der Waals surface area contributed by atoms with Crippen LogP contribution in [0.5, 0.6) is 0 Å². The molecule has 5 heteroatoms. The lowest BCUT2D eigenvalue weighted by molar-refractivity contribution is -0.116. The van der Waals surface area contributed by atoms with Crippen LogP contribution in [0.15, 0.2) is 35.7 Å². The van der Waals surface area contributed by atoms with Gasteiger partial charge in [-0.2, -0.15) is 0 Å². The van der Waals surface area contributed by atoms with Crippen molar-refractivity contribution < 1.29 is 13.2 Å². The van der Waals surface area contributed by atoms with Gasteiger partial charge in [0, 0.05) is 23.4 Å². The number of sulfone groups is 1. The molecule has 0 bridgehead atoms. The Bertz CT molecular complexity index is 605. The number of nitrogens with one attached hydrogen (secondary N) is 1. The van der Waals surface area contributed by atoms with Crippen LogP contribution in [0.3, 0.4) is 0 Å². The molecule has 1 atom stereocenters. The van der Waals surface area contributed by atoms with E-state index in [0.717, 1.165) is 17.7 Å².